The molecule has 0 aliphatic rings. The molecule has 0 atom stereocenters. The number of aromatic amines is 1. The highest BCUT2D eigenvalue weighted by Gasteiger charge is 2.10. The van der Waals surface area contributed by atoms with Crippen LogP contribution in [-0.2, 0) is 0 Å². The number of carbonyl (C=O) groups is 1. The highest BCUT2D eigenvalue weighted by molar-refractivity contribution is 6.31. The van der Waals surface area contributed by atoms with E-state index in [1.807, 2.05) is 0 Å². The molecule has 104 valence electrons. The van der Waals surface area contributed by atoms with Gasteiger partial charge in [0.25, 0.3) is 5.91 Å². The molecule has 1 heterocycles. The maximum absolute atomic E-state index is 13.0. The molecule has 0 saturated carbocycles. The number of benzene rings is 1. The van der Waals surface area contributed by atoms with Crippen LogP contribution >= 0.6 is 11.6 Å². The minimum absolute atomic E-state index is 0.0521. The zero-order chi connectivity index (χ0) is 14.7. The Balaban J connectivity index is 2.21. The molecule has 0 spiro atoms. The molecule has 0 aliphatic carbocycles. The van der Waals surface area contributed by atoms with E-state index in [1.54, 1.807) is 0 Å². The minimum atomic E-state index is -0.581. The van der Waals surface area contributed by atoms with E-state index < -0.39 is 17.2 Å². The molecule has 20 heavy (non-hydrogen) atoms. The summed E-state index contributed by atoms with van der Waals surface area (Å²) in [5.74, 6) is -1.03. The van der Waals surface area contributed by atoms with E-state index in [9.17, 15) is 14.0 Å². The number of H-pyrrole nitrogens is 1. The number of nitrogens with one attached hydrogen (secondary N) is 2. The second-order valence-corrected chi connectivity index (χ2v) is 4.27. The van der Waals surface area contributed by atoms with Crippen molar-refractivity contribution in [3.63, 3.8) is 0 Å². The number of anilines is 1. The van der Waals surface area contributed by atoms with E-state index in [-0.39, 0.29) is 16.5 Å². The maximum Gasteiger partial charge on any atom is 0.272 e. The smallest absolute Gasteiger partial charge is 0.272 e. The normalized spacial score (nSPS) is 10.2. The molecule has 1 aromatic heterocycles. The van der Waals surface area contributed by atoms with Crippen molar-refractivity contribution in [1.29, 1.82) is 0 Å². The number of amides is 1. The Morgan fingerprint density at radius 2 is 2.15 bits per heavy atom. The second kappa shape index (κ2) is 5.75. The summed E-state index contributed by atoms with van der Waals surface area (Å²) in [4.78, 5) is 26.1. The highest BCUT2D eigenvalue weighted by Crippen LogP contribution is 2.19. The van der Waals surface area contributed by atoms with E-state index in [1.165, 1.54) is 25.4 Å². The van der Waals surface area contributed by atoms with Crippen molar-refractivity contribution < 1.29 is 13.9 Å². The lowest BCUT2D eigenvalue weighted by Crippen LogP contribution is -2.17. The zero-order valence-electron chi connectivity index (χ0n) is 10.4. The van der Waals surface area contributed by atoms with Gasteiger partial charge in [-0.15, -0.1) is 0 Å². The van der Waals surface area contributed by atoms with Gasteiger partial charge in [0.2, 0.25) is 5.43 Å². The third-order valence-electron chi connectivity index (χ3n) is 2.52. The summed E-state index contributed by atoms with van der Waals surface area (Å²) >= 11 is 5.61. The third kappa shape index (κ3) is 2.97. The number of halogens is 2. The Hall–Kier alpha value is -2.34. The molecule has 0 saturated heterocycles. The standard InChI is InChI=1S/C13H10ClFN2O3/c1-20-12-6-16-10(5-11(12)18)13(19)17-7-2-3-9(15)8(14)4-7/h2-6H,1H3,(H,16,18)(H,17,19). The Morgan fingerprint density at radius 3 is 2.75 bits per heavy atom. The molecule has 1 amide bonds. The lowest BCUT2D eigenvalue weighted by molar-refractivity contribution is 0.102. The SMILES string of the molecule is COc1c[nH]c(C(=O)Nc2ccc(F)c(Cl)c2)cc1=O. The molecule has 0 aliphatic heterocycles. The van der Waals surface area contributed by atoms with E-state index in [4.69, 9.17) is 16.3 Å². The number of rotatable bonds is 3. The average Bonchev–Trinajstić information content (AvgIpc) is 2.42. The fourth-order valence-corrected chi connectivity index (χ4v) is 1.70. The molecular weight excluding hydrogens is 287 g/mol. The van der Waals surface area contributed by atoms with Crippen molar-refractivity contribution in [1.82, 2.24) is 4.98 Å². The Kier molecular flexibility index (Phi) is 4.05. The van der Waals surface area contributed by atoms with Crippen LogP contribution in [0.1, 0.15) is 10.5 Å². The number of methoxy groups -OCH3 is 1. The topological polar surface area (TPSA) is 71.2 Å². The number of pyridine rings is 1. The van der Waals surface area contributed by atoms with Gasteiger partial charge in [-0.1, -0.05) is 11.6 Å². The first-order valence-corrected chi connectivity index (χ1v) is 5.92. The Labute approximate surface area is 118 Å². The molecule has 2 N–H and O–H groups in total. The highest BCUT2D eigenvalue weighted by atomic mass is 35.5. The van der Waals surface area contributed by atoms with Crippen LogP contribution in [0.3, 0.4) is 0 Å². The monoisotopic (exact) mass is 296 g/mol. The summed E-state index contributed by atoms with van der Waals surface area (Å²) in [6.45, 7) is 0. The van der Waals surface area contributed by atoms with Crippen LogP contribution in [0.15, 0.2) is 35.3 Å². The number of hydrogen-bond donors (Lipinski definition) is 2. The first-order chi connectivity index (χ1) is 9.51. The van der Waals surface area contributed by atoms with Gasteiger partial charge in [-0.25, -0.2) is 4.39 Å². The van der Waals surface area contributed by atoms with E-state index in [0.29, 0.717) is 5.69 Å². The number of ether oxygens (including phenoxy) is 1. The van der Waals surface area contributed by atoms with Crippen LogP contribution in [0, 0.1) is 5.82 Å². The molecule has 2 aromatic rings. The van der Waals surface area contributed by atoms with Gasteiger partial charge in [-0.3, -0.25) is 9.59 Å². The van der Waals surface area contributed by atoms with Gasteiger partial charge in [0, 0.05) is 18.0 Å². The predicted octanol–water partition coefficient (Wildman–Crippen LogP) is 2.43. The van der Waals surface area contributed by atoms with Crippen LogP contribution in [0.25, 0.3) is 0 Å². The quantitative estimate of drug-likeness (QED) is 0.914. The molecule has 5 nitrogen and oxygen atoms in total. The van der Waals surface area contributed by atoms with Crippen molar-refractivity contribution in [2.75, 3.05) is 12.4 Å². The summed E-state index contributed by atoms with van der Waals surface area (Å²) in [7, 11) is 1.35. The van der Waals surface area contributed by atoms with E-state index in [0.717, 1.165) is 12.1 Å². The third-order valence-corrected chi connectivity index (χ3v) is 2.81. The predicted molar refractivity (Wildman–Crippen MR) is 73.0 cm³/mol. The number of carbonyl (C=O) groups excluding carboxylic acids is 1. The minimum Gasteiger partial charge on any atom is -0.491 e. The summed E-state index contributed by atoms with van der Waals surface area (Å²) in [6, 6.07) is 4.88. The van der Waals surface area contributed by atoms with Gasteiger partial charge in [-0.05, 0) is 18.2 Å². The number of aromatic nitrogens is 1. The van der Waals surface area contributed by atoms with Crippen LogP contribution in [0.5, 0.6) is 5.75 Å². The lowest BCUT2D eigenvalue weighted by Gasteiger charge is -2.06. The largest absolute Gasteiger partial charge is 0.491 e. The fourth-order valence-electron chi connectivity index (χ4n) is 1.52. The van der Waals surface area contributed by atoms with Crippen LogP contribution in [-0.4, -0.2) is 18.0 Å². The summed E-state index contributed by atoms with van der Waals surface area (Å²) in [6.07, 6.45) is 1.29. The summed E-state index contributed by atoms with van der Waals surface area (Å²) in [5.41, 5.74) is -0.0529. The van der Waals surface area contributed by atoms with Gasteiger partial charge in [0.1, 0.15) is 11.5 Å². The van der Waals surface area contributed by atoms with Gasteiger partial charge in [0.15, 0.2) is 5.75 Å². The van der Waals surface area contributed by atoms with Crippen LogP contribution < -0.4 is 15.5 Å². The number of hydrogen-bond acceptors (Lipinski definition) is 3. The van der Waals surface area contributed by atoms with Crippen molar-refractivity contribution >= 4 is 23.2 Å². The Morgan fingerprint density at radius 1 is 1.40 bits per heavy atom. The first-order valence-electron chi connectivity index (χ1n) is 5.54. The second-order valence-electron chi connectivity index (χ2n) is 3.86. The van der Waals surface area contributed by atoms with Crippen LogP contribution in [0.4, 0.5) is 10.1 Å². The zero-order valence-corrected chi connectivity index (χ0v) is 11.1. The van der Waals surface area contributed by atoms with Crippen molar-refractivity contribution in [3.8, 4) is 5.75 Å². The molecule has 0 radical (unpaired) electrons. The maximum atomic E-state index is 13.0. The summed E-state index contributed by atoms with van der Waals surface area (Å²) < 4.78 is 17.8. The average molecular weight is 297 g/mol. The van der Waals surface area contributed by atoms with E-state index >= 15 is 0 Å². The molecule has 2 rings (SSSR count). The van der Waals surface area contributed by atoms with Gasteiger partial charge < -0.3 is 15.0 Å². The van der Waals surface area contributed by atoms with Crippen molar-refractivity contribution in [2.45, 2.75) is 0 Å². The van der Waals surface area contributed by atoms with E-state index in [2.05, 4.69) is 10.3 Å². The summed E-state index contributed by atoms with van der Waals surface area (Å²) in [5, 5.41) is 2.38. The molecule has 1 aromatic carbocycles. The molecule has 0 unspecified atom stereocenters. The van der Waals surface area contributed by atoms with Crippen molar-refractivity contribution in [2.24, 2.45) is 0 Å². The first kappa shape index (κ1) is 14.1. The Bertz CT molecular complexity index is 715. The molecule has 0 fully saturated rings. The molecule has 0 bridgehead atoms. The fraction of sp³-hybridized carbons (Fsp3) is 0.0769. The molecular formula is C13H10ClFN2O3. The van der Waals surface area contributed by atoms with Gasteiger partial charge in [0.05, 0.1) is 12.1 Å². The lowest BCUT2D eigenvalue weighted by atomic mass is 10.2. The van der Waals surface area contributed by atoms with Crippen LogP contribution in [0.2, 0.25) is 5.02 Å². The van der Waals surface area contributed by atoms with Crippen molar-refractivity contribution in [3.05, 3.63) is 57.2 Å². The molecule has 7 heteroatoms. The van der Waals surface area contributed by atoms with Gasteiger partial charge in [-0.2, -0.15) is 0 Å². The van der Waals surface area contributed by atoms with Gasteiger partial charge >= 0.3 is 0 Å².